The molecule has 1 aromatic heterocycles. The number of hydrogen-bond donors (Lipinski definition) is 1. The number of benzene rings is 2. The maximum Gasteiger partial charge on any atom is 0.274 e. The fourth-order valence-electron chi connectivity index (χ4n) is 2.98. The highest BCUT2D eigenvalue weighted by Crippen LogP contribution is 2.26. The van der Waals surface area contributed by atoms with Crippen LogP contribution in [0.1, 0.15) is 12.0 Å². The quantitative estimate of drug-likeness (QED) is 0.465. The van der Waals surface area contributed by atoms with Crippen LogP contribution in [-0.4, -0.2) is 34.5 Å². The van der Waals surface area contributed by atoms with Gasteiger partial charge >= 0.3 is 0 Å². The third kappa shape index (κ3) is 6.05. The predicted molar refractivity (Wildman–Crippen MR) is 120 cm³/mol. The monoisotopic (exact) mass is 462 g/mol. The standard InChI is InChI=1S/C22H23FN2O4S2/c1-29-20-7-2-5-17(15-20)6-3-13-24-21(26)16-25(19-11-9-18(23)10-12-19)31(27,28)22-8-4-14-30-22/h2,4-5,7-12,14-15H,3,6,13,16H2,1H3,(H,24,26). The Balaban J connectivity index is 1.64. The summed E-state index contributed by atoms with van der Waals surface area (Å²) in [6.45, 7) is -0.00260. The Bertz CT molecular complexity index is 1100. The molecule has 0 aliphatic carbocycles. The lowest BCUT2D eigenvalue weighted by Gasteiger charge is -2.23. The average molecular weight is 463 g/mol. The van der Waals surface area contributed by atoms with Gasteiger partial charge in [-0.3, -0.25) is 9.10 Å². The summed E-state index contributed by atoms with van der Waals surface area (Å²) in [5, 5.41) is 4.41. The molecule has 0 bridgehead atoms. The van der Waals surface area contributed by atoms with E-state index in [2.05, 4.69) is 5.32 Å². The van der Waals surface area contributed by atoms with E-state index in [0.29, 0.717) is 13.0 Å². The number of sulfonamides is 1. The third-order valence-corrected chi connectivity index (χ3v) is 7.69. The minimum absolute atomic E-state index is 0.114. The number of anilines is 1. The molecule has 0 aliphatic rings. The van der Waals surface area contributed by atoms with Gasteiger partial charge in [0, 0.05) is 6.54 Å². The second-order valence-electron chi connectivity index (χ2n) is 6.73. The van der Waals surface area contributed by atoms with E-state index >= 15 is 0 Å². The molecule has 3 rings (SSSR count). The topological polar surface area (TPSA) is 75.7 Å². The Morgan fingerprint density at radius 1 is 1.13 bits per heavy atom. The van der Waals surface area contributed by atoms with Crippen molar-refractivity contribution in [3.05, 3.63) is 77.4 Å². The highest BCUT2D eigenvalue weighted by molar-refractivity contribution is 7.94. The zero-order valence-corrected chi connectivity index (χ0v) is 18.6. The first kappa shape index (κ1) is 22.8. The Kier molecular flexibility index (Phi) is 7.64. The molecule has 0 unspecified atom stereocenters. The van der Waals surface area contributed by atoms with Crippen LogP contribution in [0.25, 0.3) is 0 Å². The van der Waals surface area contributed by atoms with Gasteiger partial charge in [0.1, 0.15) is 22.3 Å². The first-order valence-corrected chi connectivity index (χ1v) is 11.9. The molecular formula is C22H23FN2O4S2. The van der Waals surface area contributed by atoms with E-state index in [0.717, 1.165) is 45.5 Å². The number of halogens is 1. The molecule has 3 aromatic rings. The van der Waals surface area contributed by atoms with E-state index in [1.165, 1.54) is 18.2 Å². The summed E-state index contributed by atoms with van der Waals surface area (Å²) < 4.78 is 45.7. The number of amides is 1. The third-order valence-electron chi connectivity index (χ3n) is 4.54. The molecule has 2 aromatic carbocycles. The Morgan fingerprint density at radius 2 is 1.90 bits per heavy atom. The van der Waals surface area contributed by atoms with E-state index in [9.17, 15) is 17.6 Å². The summed E-state index contributed by atoms with van der Waals surface area (Å²) in [4.78, 5) is 12.5. The fourth-order valence-corrected chi connectivity index (χ4v) is 5.50. The molecule has 1 heterocycles. The van der Waals surface area contributed by atoms with E-state index in [4.69, 9.17) is 4.74 Å². The second-order valence-corrected chi connectivity index (χ2v) is 9.76. The molecule has 0 saturated heterocycles. The number of carbonyl (C=O) groups is 1. The molecule has 1 amide bonds. The predicted octanol–water partition coefficient (Wildman–Crippen LogP) is 3.84. The number of carbonyl (C=O) groups excluding carboxylic acids is 1. The maximum absolute atomic E-state index is 13.3. The van der Waals surface area contributed by atoms with Crippen molar-refractivity contribution < 1.29 is 22.3 Å². The lowest BCUT2D eigenvalue weighted by Crippen LogP contribution is -2.41. The maximum atomic E-state index is 13.3. The first-order valence-electron chi connectivity index (χ1n) is 9.61. The van der Waals surface area contributed by atoms with Gasteiger partial charge in [-0.2, -0.15) is 0 Å². The number of ether oxygens (including phenoxy) is 1. The van der Waals surface area contributed by atoms with Crippen LogP contribution in [0.2, 0.25) is 0 Å². The van der Waals surface area contributed by atoms with E-state index in [1.807, 2.05) is 24.3 Å². The molecule has 0 radical (unpaired) electrons. The van der Waals surface area contributed by atoms with E-state index < -0.39 is 28.3 Å². The van der Waals surface area contributed by atoms with Gasteiger partial charge in [0.15, 0.2) is 0 Å². The molecule has 0 saturated carbocycles. The normalized spacial score (nSPS) is 11.2. The van der Waals surface area contributed by atoms with Gasteiger partial charge in [-0.25, -0.2) is 12.8 Å². The van der Waals surface area contributed by atoms with Crippen molar-refractivity contribution in [3.8, 4) is 5.75 Å². The summed E-state index contributed by atoms with van der Waals surface area (Å²) in [5.74, 6) is -0.149. The Hall–Kier alpha value is -2.91. The van der Waals surface area contributed by atoms with Crippen molar-refractivity contribution in [2.45, 2.75) is 17.1 Å². The second kappa shape index (κ2) is 10.4. The number of rotatable bonds is 10. The molecule has 1 N–H and O–H groups in total. The Morgan fingerprint density at radius 3 is 2.58 bits per heavy atom. The SMILES string of the molecule is COc1cccc(CCCNC(=O)CN(c2ccc(F)cc2)S(=O)(=O)c2cccs2)c1. The van der Waals surface area contributed by atoms with Crippen LogP contribution in [0.15, 0.2) is 70.3 Å². The van der Waals surface area contributed by atoms with Gasteiger partial charge in [0.05, 0.1) is 12.8 Å². The smallest absolute Gasteiger partial charge is 0.274 e. The van der Waals surface area contributed by atoms with Crippen LogP contribution in [-0.2, 0) is 21.2 Å². The largest absolute Gasteiger partial charge is 0.497 e. The van der Waals surface area contributed by atoms with Crippen LogP contribution in [0.4, 0.5) is 10.1 Å². The van der Waals surface area contributed by atoms with Crippen LogP contribution in [0.3, 0.4) is 0 Å². The van der Waals surface area contributed by atoms with Crippen molar-refractivity contribution in [3.63, 3.8) is 0 Å². The highest BCUT2D eigenvalue weighted by Gasteiger charge is 2.28. The van der Waals surface area contributed by atoms with Crippen molar-refractivity contribution in [2.75, 3.05) is 24.5 Å². The summed E-state index contributed by atoms with van der Waals surface area (Å²) in [6.07, 6.45) is 1.43. The number of nitrogens with one attached hydrogen (secondary N) is 1. The average Bonchev–Trinajstić information content (AvgIpc) is 3.32. The number of hydrogen-bond acceptors (Lipinski definition) is 5. The number of aryl methyl sites for hydroxylation is 1. The van der Waals surface area contributed by atoms with Crippen molar-refractivity contribution in [1.82, 2.24) is 5.32 Å². The summed E-state index contributed by atoms with van der Waals surface area (Å²) in [5.41, 5.74) is 1.31. The summed E-state index contributed by atoms with van der Waals surface area (Å²) in [7, 11) is -2.34. The molecule has 0 atom stereocenters. The first-order chi connectivity index (χ1) is 14.9. The van der Waals surface area contributed by atoms with Gasteiger partial charge in [0.2, 0.25) is 5.91 Å². The van der Waals surface area contributed by atoms with Gasteiger partial charge < -0.3 is 10.1 Å². The number of thiophene rings is 1. The fraction of sp³-hybridized carbons (Fsp3) is 0.227. The lowest BCUT2D eigenvalue weighted by atomic mass is 10.1. The molecule has 164 valence electrons. The Labute approximate surface area is 185 Å². The van der Waals surface area contributed by atoms with Gasteiger partial charge in [-0.15, -0.1) is 11.3 Å². The molecule has 0 aliphatic heterocycles. The van der Waals surface area contributed by atoms with Crippen molar-refractivity contribution >= 4 is 33.0 Å². The molecular weight excluding hydrogens is 439 g/mol. The van der Waals surface area contributed by atoms with E-state index in [-0.39, 0.29) is 9.90 Å². The van der Waals surface area contributed by atoms with Gasteiger partial charge in [0.25, 0.3) is 10.0 Å². The summed E-state index contributed by atoms with van der Waals surface area (Å²) in [6, 6.07) is 15.8. The van der Waals surface area contributed by atoms with Crippen LogP contribution in [0.5, 0.6) is 5.75 Å². The van der Waals surface area contributed by atoms with Crippen LogP contribution in [0, 0.1) is 5.82 Å². The zero-order valence-electron chi connectivity index (χ0n) is 17.0. The number of nitrogens with zero attached hydrogens (tertiary/aromatic N) is 1. The molecule has 0 fully saturated rings. The van der Waals surface area contributed by atoms with Crippen LogP contribution >= 0.6 is 11.3 Å². The van der Waals surface area contributed by atoms with Gasteiger partial charge in [-0.1, -0.05) is 18.2 Å². The van der Waals surface area contributed by atoms with Crippen molar-refractivity contribution in [1.29, 1.82) is 0 Å². The number of methoxy groups -OCH3 is 1. The zero-order chi connectivity index (χ0) is 22.3. The molecule has 31 heavy (non-hydrogen) atoms. The van der Waals surface area contributed by atoms with Gasteiger partial charge in [-0.05, 0) is 66.2 Å². The molecule has 9 heteroatoms. The molecule has 0 spiro atoms. The molecule has 6 nitrogen and oxygen atoms in total. The van der Waals surface area contributed by atoms with Crippen molar-refractivity contribution in [2.24, 2.45) is 0 Å². The highest BCUT2D eigenvalue weighted by atomic mass is 32.2. The lowest BCUT2D eigenvalue weighted by molar-refractivity contribution is -0.119. The minimum atomic E-state index is -3.95. The van der Waals surface area contributed by atoms with Crippen LogP contribution < -0.4 is 14.4 Å². The minimum Gasteiger partial charge on any atom is -0.497 e. The summed E-state index contributed by atoms with van der Waals surface area (Å²) >= 11 is 1.06. The van der Waals surface area contributed by atoms with E-state index in [1.54, 1.807) is 18.6 Å².